The molecule has 6 atom stereocenters. The Morgan fingerprint density at radius 1 is 0.440 bits per heavy atom. The summed E-state index contributed by atoms with van der Waals surface area (Å²) < 4.78 is 0. The zero-order chi connectivity index (χ0) is 19.2. The SMILES string of the molecule is CCC(O)CCCC(O)CC(O)CCCC(O)CC(O)CC(O)CC. The van der Waals surface area contributed by atoms with Crippen molar-refractivity contribution in [2.75, 3.05) is 0 Å². The number of rotatable bonds is 16. The Balaban J connectivity index is 3.75. The molecule has 0 aliphatic heterocycles. The van der Waals surface area contributed by atoms with E-state index in [-0.39, 0.29) is 18.9 Å². The van der Waals surface area contributed by atoms with E-state index in [4.69, 9.17) is 0 Å². The lowest BCUT2D eigenvalue weighted by molar-refractivity contribution is 0.0325. The van der Waals surface area contributed by atoms with Gasteiger partial charge in [0.05, 0.1) is 36.6 Å². The van der Waals surface area contributed by atoms with Gasteiger partial charge in [-0.2, -0.15) is 0 Å². The second-order valence-electron chi connectivity index (χ2n) is 7.31. The third kappa shape index (κ3) is 14.6. The van der Waals surface area contributed by atoms with Gasteiger partial charge in [0, 0.05) is 0 Å². The fourth-order valence-electron chi connectivity index (χ4n) is 2.94. The Bertz CT molecular complexity index is 302. The highest BCUT2D eigenvalue weighted by Gasteiger charge is 2.17. The molecule has 0 saturated carbocycles. The lowest BCUT2D eigenvalue weighted by Crippen LogP contribution is -2.23. The number of aliphatic hydroxyl groups is 6. The molecule has 0 aliphatic carbocycles. The van der Waals surface area contributed by atoms with Crippen molar-refractivity contribution in [2.24, 2.45) is 0 Å². The van der Waals surface area contributed by atoms with E-state index in [9.17, 15) is 30.6 Å². The maximum atomic E-state index is 9.95. The van der Waals surface area contributed by atoms with E-state index in [1.807, 2.05) is 13.8 Å². The van der Waals surface area contributed by atoms with Crippen LogP contribution in [0, 0.1) is 0 Å². The molecule has 0 aromatic carbocycles. The fourth-order valence-corrected chi connectivity index (χ4v) is 2.94. The molecular formula is C19H40O6. The zero-order valence-corrected chi connectivity index (χ0v) is 15.9. The monoisotopic (exact) mass is 364 g/mol. The molecule has 0 aromatic rings. The van der Waals surface area contributed by atoms with Crippen LogP contribution in [0.15, 0.2) is 0 Å². The van der Waals surface area contributed by atoms with Gasteiger partial charge in [0.2, 0.25) is 0 Å². The summed E-state index contributed by atoms with van der Waals surface area (Å²) in [6.45, 7) is 3.76. The maximum absolute atomic E-state index is 9.95. The average molecular weight is 365 g/mol. The molecular weight excluding hydrogens is 324 g/mol. The Morgan fingerprint density at radius 3 is 1.16 bits per heavy atom. The molecule has 6 unspecified atom stereocenters. The molecule has 0 aromatic heterocycles. The summed E-state index contributed by atoms with van der Waals surface area (Å²) in [7, 11) is 0. The summed E-state index contributed by atoms with van der Waals surface area (Å²) in [5, 5.41) is 58.4. The smallest absolute Gasteiger partial charge is 0.0589 e. The van der Waals surface area contributed by atoms with Crippen molar-refractivity contribution < 1.29 is 30.6 Å². The molecule has 0 amide bonds. The van der Waals surface area contributed by atoms with Gasteiger partial charge in [-0.15, -0.1) is 0 Å². The predicted octanol–water partition coefficient (Wildman–Crippen LogP) is 1.48. The lowest BCUT2D eigenvalue weighted by atomic mass is 9.98. The van der Waals surface area contributed by atoms with Crippen LogP contribution in [0.3, 0.4) is 0 Å². The summed E-state index contributed by atoms with van der Waals surface area (Å²) in [5.41, 5.74) is 0. The van der Waals surface area contributed by atoms with Gasteiger partial charge >= 0.3 is 0 Å². The van der Waals surface area contributed by atoms with Gasteiger partial charge in [-0.05, 0) is 70.6 Å². The highest BCUT2D eigenvalue weighted by atomic mass is 16.3. The molecule has 0 rings (SSSR count). The van der Waals surface area contributed by atoms with Gasteiger partial charge in [-0.1, -0.05) is 13.8 Å². The van der Waals surface area contributed by atoms with E-state index in [0.717, 1.165) is 6.42 Å². The summed E-state index contributed by atoms with van der Waals surface area (Å²) >= 11 is 0. The maximum Gasteiger partial charge on any atom is 0.0589 e. The van der Waals surface area contributed by atoms with Crippen LogP contribution < -0.4 is 0 Å². The van der Waals surface area contributed by atoms with Gasteiger partial charge in [0.15, 0.2) is 0 Å². The normalized spacial score (nSPS) is 19.2. The predicted molar refractivity (Wildman–Crippen MR) is 98.2 cm³/mol. The molecule has 0 heterocycles. The summed E-state index contributed by atoms with van der Waals surface area (Å²) in [6.07, 6.45) is 2.31. The molecule has 152 valence electrons. The van der Waals surface area contributed by atoms with Crippen LogP contribution in [0.4, 0.5) is 0 Å². The minimum atomic E-state index is -0.713. The first-order valence-electron chi connectivity index (χ1n) is 9.86. The van der Waals surface area contributed by atoms with Crippen LogP contribution >= 0.6 is 0 Å². The Hall–Kier alpha value is -0.240. The first kappa shape index (κ1) is 24.8. The topological polar surface area (TPSA) is 121 Å². The van der Waals surface area contributed by atoms with Crippen LogP contribution in [0.5, 0.6) is 0 Å². The van der Waals surface area contributed by atoms with Gasteiger partial charge in [-0.25, -0.2) is 0 Å². The van der Waals surface area contributed by atoms with Crippen molar-refractivity contribution in [3.05, 3.63) is 0 Å². The third-order valence-corrected chi connectivity index (χ3v) is 4.72. The number of hydrogen-bond acceptors (Lipinski definition) is 6. The van der Waals surface area contributed by atoms with Crippen molar-refractivity contribution in [1.82, 2.24) is 0 Å². The van der Waals surface area contributed by atoms with E-state index in [1.165, 1.54) is 0 Å². The summed E-state index contributed by atoms with van der Waals surface area (Å²) in [4.78, 5) is 0. The van der Waals surface area contributed by atoms with Gasteiger partial charge < -0.3 is 30.6 Å². The van der Waals surface area contributed by atoms with Crippen LogP contribution in [0.2, 0.25) is 0 Å². The van der Waals surface area contributed by atoms with Crippen molar-refractivity contribution in [3.63, 3.8) is 0 Å². The van der Waals surface area contributed by atoms with E-state index in [1.54, 1.807) is 0 Å². The molecule has 0 spiro atoms. The summed E-state index contributed by atoms with van der Waals surface area (Å²) in [6, 6.07) is 0. The van der Waals surface area contributed by atoms with Crippen LogP contribution in [0.25, 0.3) is 0 Å². The van der Waals surface area contributed by atoms with Crippen molar-refractivity contribution in [1.29, 1.82) is 0 Å². The highest BCUT2D eigenvalue weighted by Crippen LogP contribution is 2.16. The van der Waals surface area contributed by atoms with E-state index >= 15 is 0 Å². The Morgan fingerprint density at radius 2 is 0.760 bits per heavy atom. The molecule has 0 aliphatic rings. The second kappa shape index (κ2) is 14.9. The molecule has 6 N–H and O–H groups in total. The van der Waals surface area contributed by atoms with E-state index < -0.39 is 30.5 Å². The molecule has 0 radical (unpaired) electrons. The first-order chi connectivity index (χ1) is 11.8. The van der Waals surface area contributed by atoms with Crippen LogP contribution in [0.1, 0.15) is 84.5 Å². The van der Waals surface area contributed by atoms with Crippen molar-refractivity contribution >= 4 is 0 Å². The molecule has 6 heteroatoms. The minimum Gasteiger partial charge on any atom is -0.393 e. The quantitative estimate of drug-likeness (QED) is 0.247. The van der Waals surface area contributed by atoms with Crippen LogP contribution in [-0.4, -0.2) is 67.3 Å². The largest absolute Gasteiger partial charge is 0.393 e. The minimum absolute atomic E-state index is 0.232. The number of hydrogen-bond donors (Lipinski definition) is 6. The summed E-state index contributed by atoms with van der Waals surface area (Å²) in [5.74, 6) is 0. The second-order valence-corrected chi connectivity index (χ2v) is 7.31. The van der Waals surface area contributed by atoms with Gasteiger partial charge in [0.25, 0.3) is 0 Å². The van der Waals surface area contributed by atoms with E-state index in [0.29, 0.717) is 51.4 Å². The first-order valence-corrected chi connectivity index (χ1v) is 9.86. The molecule has 0 saturated heterocycles. The average Bonchev–Trinajstić information content (AvgIpc) is 2.53. The van der Waals surface area contributed by atoms with Crippen LogP contribution in [-0.2, 0) is 0 Å². The highest BCUT2D eigenvalue weighted by molar-refractivity contribution is 4.70. The Labute approximate surface area is 152 Å². The molecule has 0 bridgehead atoms. The standard InChI is InChI=1S/C19H40O6/c1-3-14(20)7-5-8-16(22)12-17(23)9-6-10-18(24)13-19(25)11-15(21)4-2/h14-25H,3-13H2,1-2H3. The third-order valence-electron chi connectivity index (χ3n) is 4.72. The lowest BCUT2D eigenvalue weighted by Gasteiger charge is -2.19. The van der Waals surface area contributed by atoms with E-state index in [2.05, 4.69) is 0 Å². The fraction of sp³-hybridized carbons (Fsp3) is 1.00. The Kier molecular flexibility index (Phi) is 14.7. The molecule has 0 fully saturated rings. The van der Waals surface area contributed by atoms with Gasteiger partial charge in [-0.3, -0.25) is 0 Å². The van der Waals surface area contributed by atoms with Crippen molar-refractivity contribution in [3.8, 4) is 0 Å². The van der Waals surface area contributed by atoms with Gasteiger partial charge in [0.1, 0.15) is 0 Å². The number of aliphatic hydroxyl groups excluding tert-OH is 6. The molecule has 6 nitrogen and oxygen atoms in total. The molecule has 25 heavy (non-hydrogen) atoms. The van der Waals surface area contributed by atoms with Crippen molar-refractivity contribution in [2.45, 2.75) is 121 Å². The zero-order valence-electron chi connectivity index (χ0n) is 15.9.